The Kier molecular flexibility index (Phi) is 4.57. The van der Waals surface area contributed by atoms with Crippen LogP contribution in [0.15, 0.2) is 46.2 Å². The van der Waals surface area contributed by atoms with Gasteiger partial charge in [-0.15, -0.1) is 0 Å². The summed E-state index contributed by atoms with van der Waals surface area (Å²) in [6, 6.07) is 7.28. The number of nitro groups is 1. The first-order valence-corrected chi connectivity index (χ1v) is 10.6. The largest absolute Gasteiger partial charge is 0.490 e. The van der Waals surface area contributed by atoms with E-state index in [0.29, 0.717) is 11.3 Å². The van der Waals surface area contributed by atoms with Gasteiger partial charge in [0.15, 0.2) is 5.75 Å². The molecular weight excluding hydrogens is 398 g/mol. The first-order valence-electron chi connectivity index (χ1n) is 7.56. The Morgan fingerprint density at radius 2 is 1.78 bits per heavy atom. The lowest BCUT2D eigenvalue weighted by Gasteiger charge is -2.20. The highest BCUT2D eigenvalue weighted by molar-refractivity contribution is 7.92. The minimum Gasteiger partial charge on any atom is -0.490 e. The molecule has 2 aromatic carbocycles. The Bertz CT molecular complexity index is 1140. The Balaban J connectivity index is 2.06. The molecule has 0 saturated heterocycles. The minimum absolute atomic E-state index is 0.0569. The van der Waals surface area contributed by atoms with Crippen LogP contribution in [0.1, 0.15) is 5.56 Å². The zero-order chi connectivity index (χ0) is 20.0. The number of methoxy groups -OCH3 is 1. The average Bonchev–Trinajstić information content (AvgIpc) is 3.04. The van der Waals surface area contributed by atoms with Crippen LogP contribution in [-0.4, -0.2) is 35.4 Å². The van der Waals surface area contributed by atoms with Gasteiger partial charge in [0.2, 0.25) is 10.0 Å². The molecule has 1 heterocycles. The topological polar surface area (TPSA) is 150 Å². The molecule has 10 nitrogen and oxygen atoms in total. The molecule has 0 fully saturated rings. The van der Waals surface area contributed by atoms with Gasteiger partial charge in [0.05, 0.1) is 27.5 Å². The summed E-state index contributed by atoms with van der Waals surface area (Å²) in [6.45, 7) is 0.0750. The second kappa shape index (κ2) is 6.48. The third-order valence-corrected chi connectivity index (χ3v) is 6.89. The van der Waals surface area contributed by atoms with Crippen molar-refractivity contribution in [2.75, 3.05) is 18.0 Å². The highest BCUT2D eigenvalue weighted by Crippen LogP contribution is 2.36. The molecule has 0 unspecified atom stereocenters. The quantitative estimate of drug-likeness (QED) is 0.567. The third kappa shape index (κ3) is 3.34. The molecule has 3 rings (SSSR count). The summed E-state index contributed by atoms with van der Waals surface area (Å²) in [7, 11) is -6.75. The van der Waals surface area contributed by atoms with Crippen molar-refractivity contribution >= 4 is 31.4 Å². The molecule has 27 heavy (non-hydrogen) atoms. The number of rotatable bonds is 5. The predicted octanol–water partition coefficient (Wildman–Crippen LogP) is 1.00. The van der Waals surface area contributed by atoms with Crippen LogP contribution in [0.2, 0.25) is 0 Å². The number of benzene rings is 2. The molecule has 0 atom stereocenters. The molecule has 0 spiro atoms. The number of nitro benzene ring substituents is 1. The van der Waals surface area contributed by atoms with Crippen molar-refractivity contribution in [2.24, 2.45) is 5.14 Å². The van der Waals surface area contributed by atoms with E-state index in [1.54, 1.807) is 0 Å². The van der Waals surface area contributed by atoms with Gasteiger partial charge in [0, 0.05) is 12.6 Å². The van der Waals surface area contributed by atoms with Gasteiger partial charge >= 0.3 is 5.69 Å². The summed E-state index contributed by atoms with van der Waals surface area (Å²) in [6.07, 6.45) is 0.288. The van der Waals surface area contributed by atoms with E-state index >= 15 is 0 Å². The van der Waals surface area contributed by atoms with E-state index in [9.17, 15) is 26.9 Å². The van der Waals surface area contributed by atoms with Gasteiger partial charge in [-0.05, 0) is 42.3 Å². The lowest BCUT2D eigenvalue weighted by molar-refractivity contribution is -0.386. The maximum Gasteiger partial charge on any atom is 0.312 e. The van der Waals surface area contributed by atoms with E-state index in [-0.39, 0.29) is 28.5 Å². The maximum atomic E-state index is 13.0. The fourth-order valence-corrected chi connectivity index (χ4v) is 4.96. The Hall–Kier alpha value is -2.70. The molecule has 1 aliphatic rings. The molecule has 0 radical (unpaired) electrons. The van der Waals surface area contributed by atoms with Gasteiger partial charge in [-0.3, -0.25) is 14.4 Å². The summed E-state index contributed by atoms with van der Waals surface area (Å²) >= 11 is 0. The summed E-state index contributed by atoms with van der Waals surface area (Å²) in [4.78, 5) is 10.1. The van der Waals surface area contributed by atoms with E-state index < -0.39 is 30.7 Å². The summed E-state index contributed by atoms with van der Waals surface area (Å²) in [5, 5.41) is 16.3. The molecule has 0 aromatic heterocycles. The van der Waals surface area contributed by atoms with Crippen molar-refractivity contribution in [3.05, 3.63) is 52.1 Å². The molecule has 12 heteroatoms. The van der Waals surface area contributed by atoms with Crippen molar-refractivity contribution in [3.8, 4) is 5.75 Å². The van der Waals surface area contributed by atoms with Gasteiger partial charge in [0.1, 0.15) is 0 Å². The number of hydrogen-bond donors (Lipinski definition) is 1. The molecule has 0 saturated carbocycles. The zero-order valence-corrected chi connectivity index (χ0v) is 15.7. The lowest BCUT2D eigenvalue weighted by Crippen LogP contribution is -2.29. The molecular formula is C15H15N3O7S2. The minimum atomic E-state index is -4.09. The standard InChI is InChI=1S/C15H15N3O7S2/c1-25-15-5-3-12(9-14(15)18(19)20)27(23,24)17-7-6-10-8-11(26(16,21)22)2-4-13(10)17/h2-5,8-9H,6-7H2,1H3,(H2,16,21,22). The van der Waals surface area contributed by atoms with Crippen molar-refractivity contribution < 1.29 is 26.5 Å². The van der Waals surface area contributed by atoms with Gasteiger partial charge in [-0.25, -0.2) is 22.0 Å². The van der Waals surface area contributed by atoms with Crippen LogP contribution in [0.5, 0.6) is 5.75 Å². The zero-order valence-electron chi connectivity index (χ0n) is 14.0. The Morgan fingerprint density at radius 1 is 1.11 bits per heavy atom. The number of primary sulfonamides is 1. The van der Waals surface area contributed by atoms with Crippen LogP contribution in [0.25, 0.3) is 0 Å². The first-order chi connectivity index (χ1) is 12.6. The van der Waals surface area contributed by atoms with Crippen LogP contribution in [0.4, 0.5) is 11.4 Å². The molecule has 0 amide bonds. The number of nitrogens with two attached hydrogens (primary N) is 1. The second-order valence-electron chi connectivity index (χ2n) is 5.75. The van der Waals surface area contributed by atoms with Crippen molar-refractivity contribution in [2.45, 2.75) is 16.2 Å². The normalized spacial score (nSPS) is 14.1. The Labute approximate surface area is 155 Å². The van der Waals surface area contributed by atoms with Crippen molar-refractivity contribution in [1.82, 2.24) is 0 Å². The predicted molar refractivity (Wildman–Crippen MR) is 95.7 cm³/mol. The third-order valence-electron chi connectivity index (χ3n) is 4.17. The summed E-state index contributed by atoms with van der Waals surface area (Å²) in [5.41, 5.74) is 0.344. The summed E-state index contributed by atoms with van der Waals surface area (Å²) < 4.78 is 54.8. The number of fused-ring (bicyclic) bond motifs is 1. The van der Waals surface area contributed by atoms with Gasteiger partial charge < -0.3 is 4.74 Å². The van der Waals surface area contributed by atoms with Crippen LogP contribution in [0, 0.1) is 10.1 Å². The number of ether oxygens (including phenoxy) is 1. The molecule has 0 aliphatic carbocycles. The molecule has 0 bridgehead atoms. The fraction of sp³-hybridized carbons (Fsp3) is 0.200. The lowest BCUT2D eigenvalue weighted by atomic mass is 10.2. The second-order valence-corrected chi connectivity index (χ2v) is 9.18. The average molecular weight is 413 g/mol. The first kappa shape index (κ1) is 19.1. The van der Waals surface area contributed by atoms with E-state index in [1.807, 2.05) is 0 Å². The smallest absolute Gasteiger partial charge is 0.312 e. The molecule has 1 aliphatic heterocycles. The maximum absolute atomic E-state index is 13.0. The highest BCUT2D eigenvalue weighted by Gasteiger charge is 2.33. The SMILES string of the molecule is COc1ccc(S(=O)(=O)N2CCc3cc(S(N)(=O)=O)ccc32)cc1[N+](=O)[O-]. The van der Waals surface area contributed by atoms with Crippen LogP contribution in [0.3, 0.4) is 0 Å². The van der Waals surface area contributed by atoms with Crippen LogP contribution < -0.4 is 14.2 Å². The Morgan fingerprint density at radius 3 is 2.37 bits per heavy atom. The van der Waals surface area contributed by atoms with Gasteiger partial charge in [0.25, 0.3) is 10.0 Å². The fourth-order valence-electron chi connectivity index (χ4n) is 2.87. The molecule has 144 valence electrons. The van der Waals surface area contributed by atoms with Crippen molar-refractivity contribution in [1.29, 1.82) is 0 Å². The van der Waals surface area contributed by atoms with Crippen LogP contribution >= 0.6 is 0 Å². The molecule has 2 aromatic rings. The van der Waals surface area contributed by atoms with Crippen molar-refractivity contribution in [3.63, 3.8) is 0 Å². The van der Waals surface area contributed by atoms with Gasteiger partial charge in [-0.1, -0.05) is 0 Å². The number of hydrogen-bond acceptors (Lipinski definition) is 7. The van der Waals surface area contributed by atoms with Crippen LogP contribution in [-0.2, 0) is 26.5 Å². The monoisotopic (exact) mass is 413 g/mol. The van der Waals surface area contributed by atoms with E-state index in [1.165, 1.54) is 37.4 Å². The van der Waals surface area contributed by atoms with E-state index in [4.69, 9.17) is 9.88 Å². The number of nitrogens with zero attached hydrogens (tertiary/aromatic N) is 2. The number of anilines is 1. The molecule has 2 N–H and O–H groups in total. The summed E-state index contributed by atoms with van der Waals surface area (Å²) in [5.74, 6) is -0.0569. The highest BCUT2D eigenvalue weighted by atomic mass is 32.2. The van der Waals surface area contributed by atoms with Gasteiger partial charge in [-0.2, -0.15) is 0 Å². The van der Waals surface area contributed by atoms with E-state index in [0.717, 1.165) is 10.4 Å². The number of sulfonamides is 2. The van der Waals surface area contributed by atoms with E-state index in [2.05, 4.69) is 0 Å².